The van der Waals surface area contributed by atoms with Crippen molar-refractivity contribution in [3.63, 3.8) is 0 Å². The number of nitrogens with one attached hydrogen (secondary N) is 1. The highest BCUT2D eigenvalue weighted by molar-refractivity contribution is 7.18. The van der Waals surface area contributed by atoms with Crippen molar-refractivity contribution in [3.05, 3.63) is 29.8 Å². The van der Waals surface area contributed by atoms with Crippen molar-refractivity contribution in [3.8, 4) is 10.6 Å². The summed E-state index contributed by atoms with van der Waals surface area (Å²) in [5, 5.41) is 12.5. The SMILES string of the molecule is Cc1cccc(-c2nnc(NC(=O)C3CCCN3C(=O)CCC3CCCC3)s2)c1. The molecule has 2 fully saturated rings. The minimum Gasteiger partial charge on any atom is -0.331 e. The quantitative estimate of drug-likeness (QED) is 0.762. The third-order valence-corrected chi connectivity index (χ3v) is 6.92. The molecule has 4 rings (SSSR count). The van der Waals surface area contributed by atoms with E-state index in [0.29, 0.717) is 30.4 Å². The summed E-state index contributed by atoms with van der Waals surface area (Å²) in [4.78, 5) is 27.3. The molecule has 1 aliphatic carbocycles. The number of anilines is 1. The molecule has 6 nitrogen and oxygen atoms in total. The second-order valence-electron chi connectivity index (χ2n) is 8.21. The fraction of sp³-hybridized carbons (Fsp3) is 0.545. The number of amides is 2. The molecule has 0 bridgehead atoms. The van der Waals surface area contributed by atoms with E-state index in [1.165, 1.54) is 37.0 Å². The normalized spacial score (nSPS) is 19.6. The van der Waals surface area contributed by atoms with E-state index < -0.39 is 6.04 Å². The number of benzene rings is 1. The summed E-state index contributed by atoms with van der Waals surface area (Å²) < 4.78 is 0. The monoisotopic (exact) mass is 412 g/mol. The van der Waals surface area contributed by atoms with E-state index in [1.54, 1.807) is 4.90 Å². The van der Waals surface area contributed by atoms with Crippen LogP contribution in [0.1, 0.15) is 56.9 Å². The van der Waals surface area contributed by atoms with Crippen LogP contribution in [0.5, 0.6) is 0 Å². The first kappa shape index (κ1) is 20.0. The lowest BCUT2D eigenvalue weighted by atomic mass is 10.0. The van der Waals surface area contributed by atoms with Crippen molar-refractivity contribution >= 4 is 28.3 Å². The molecule has 29 heavy (non-hydrogen) atoms. The molecule has 2 amide bonds. The van der Waals surface area contributed by atoms with Gasteiger partial charge < -0.3 is 4.90 Å². The lowest BCUT2D eigenvalue weighted by Gasteiger charge is -2.24. The zero-order chi connectivity index (χ0) is 20.2. The molecule has 1 saturated heterocycles. The van der Waals surface area contributed by atoms with E-state index in [-0.39, 0.29) is 11.8 Å². The van der Waals surface area contributed by atoms with Crippen LogP contribution in [0.25, 0.3) is 10.6 Å². The fourth-order valence-electron chi connectivity index (χ4n) is 4.47. The Morgan fingerprint density at radius 1 is 1.17 bits per heavy atom. The van der Waals surface area contributed by atoms with Crippen molar-refractivity contribution in [2.45, 2.75) is 64.3 Å². The Labute approximate surface area is 175 Å². The summed E-state index contributed by atoms with van der Waals surface area (Å²) in [6, 6.07) is 7.66. The second kappa shape index (κ2) is 9.03. The lowest BCUT2D eigenvalue weighted by Crippen LogP contribution is -2.43. The summed E-state index contributed by atoms with van der Waals surface area (Å²) in [6.07, 6.45) is 8.18. The maximum absolute atomic E-state index is 12.8. The van der Waals surface area contributed by atoms with Crippen LogP contribution in [0.15, 0.2) is 24.3 Å². The average molecular weight is 413 g/mol. The molecular formula is C22H28N4O2S. The van der Waals surface area contributed by atoms with E-state index in [4.69, 9.17) is 0 Å². The highest BCUT2D eigenvalue weighted by Crippen LogP contribution is 2.30. The van der Waals surface area contributed by atoms with Gasteiger partial charge in [0.1, 0.15) is 11.0 Å². The molecule has 1 atom stereocenters. The van der Waals surface area contributed by atoms with Crippen LogP contribution in [0, 0.1) is 12.8 Å². The summed E-state index contributed by atoms with van der Waals surface area (Å²) in [7, 11) is 0. The first-order valence-electron chi connectivity index (χ1n) is 10.6. The van der Waals surface area contributed by atoms with Gasteiger partial charge in [0, 0.05) is 18.5 Å². The first-order valence-corrected chi connectivity index (χ1v) is 11.4. The molecule has 154 valence electrons. The molecule has 1 aromatic heterocycles. The summed E-state index contributed by atoms with van der Waals surface area (Å²) in [6.45, 7) is 2.71. The Kier molecular flexibility index (Phi) is 6.23. The number of likely N-dealkylation sites (tertiary alicyclic amines) is 1. The third kappa shape index (κ3) is 4.83. The number of nitrogens with zero attached hydrogens (tertiary/aromatic N) is 3. The Bertz CT molecular complexity index is 875. The van der Waals surface area contributed by atoms with Gasteiger partial charge in [-0.1, -0.05) is 60.8 Å². The molecule has 1 saturated carbocycles. The molecule has 2 aliphatic rings. The van der Waals surface area contributed by atoms with Gasteiger partial charge in [0.05, 0.1) is 0 Å². The summed E-state index contributed by atoms with van der Waals surface area (Å²) >= 11 is 1.36. The van der Waals surface area contributed by atoms with Crippen LogP contribution in [0.3, 0.4) is 0 Å². The van der Waals surface area contributed by atoms with E-state index in [9.17, 15) is 9.59 Å². The molecule has 7 heteroatoms. The second-order valence-corrected chi connectivity index (χ2v) is 9.18. The topological polar surface area (TPSA) is 75.2 Å². The van der Waals surface area contributed by atoms with Gasteiger partial charge in [-0.05, 0) is 38.2 Å². The predicted molar refractivity (Wildman–Crippen MR) is 115 cm³/mol. The van der Waals surface area contributed by atoms with Crippen molar-refractivity contribution < 1.29 is 9.59 Å². The lowest BCUT2D eigenvalue weighted by molar-refractivity contribution is -0.136. The molecule has 0 radical (unpaired) electrons. The Morgan fingerprint density at radius 2 is 2.00 bits per heavy atom. The molecule has 2 aromatic rings. The Balaban J connectivity index is 1.35. The number of rotatable bonds is 6. The highest BCUT2D eigenvalue weighted by Gasteiger charge is 2.34. The largest absolute Gasteiger partial charge is 0.331 e. The van der Waals surface area contributed by atoms with Gasteiger partial charge in [-0.15, -0.1) is 10.2 Å². The predicted octanol–water partition coefficient (Wildman–Crippen LogP) is 4.41. The van der Waals surface area contributed by atoms with Crippen LogP contribution >= 0.6 is 11.3 Å². The van der Waals surface area contributed by atoms with Crippen LogP contribution < -0.4 is 5.32 Å². The molecule has 2 heterocycles. The zero-order valence-electron chi connectivity index (χ0n) is 16.9. The summed E-state index contributed by atoms with van der Waals surface area (Å²) in [5.74, 6) is 0.659. The minimum atomic E-state index is -0.391. The van der Waals surface area contributed by atoms with Crippen molar-refractivity contribution in [2.24, 2.45) is 5.92 Å². The maximum Gasteiger partial charge on any atom is 0.249 e. The maximum atomic E-state index is 12.8. The van der Waals surface area contributed by atoms with Gasteiger partial charge in [-0.2, -0.15) is 0 Å². The smallest absolute Gasteiger partial charge is 0.249 e. The van der Waals surface area contributed by atoms with E-state index in [0.717, 1.165) is 29.0 Å². The molecule has 1 N–H and O–H groups in total. The third-order valence-electron chi connectivity index (χ3n) is 6.04. The van der Waals surface area contributed by atoms with Gasteiger partial charge in [0.2, 0.25) is 16.9 Å². The van der Waals surface area contributed by atoms with Crippen LogP contribution in [-0.4, -0.2) is 39.5 Å². The number of hydrogen-bond acceptors (Lipinski definition) is 5. The Hall–Kier alpha value is -2.28. The molecule has 1 aromatic carbocycles. The Morgan fingerprint density at radius 3 is 2.79 bits per heavy atom. The van der Waals surface area contributed by atoms with Crippen LogP contribution in [-0.2, 0) is 9.59 Å². The standard InChI is InChI=1S/C22H28N4O2S/c1-15-6-4-9-17(14-15)21-24-25-22(29-21)23-20(28)18-10-5-13-26(18)19(27)12-11-16-7-2-3-8-16/h4,6,9,14,16,18H,2-3,5,7-8,10-13H2,1H3,(H,23,25,28). The number of aromatic nitrogens is 2. The highest BCUT2D eigenvalue weighted by atomic mass is 32.1. The number of aryl methyl sites for hydroxylation is 1. The van der Waals surface area contributed by atoms with Crippen molar-refractivity contribution in [2.75, 3.05) is 11.9 Å². The van der Waals surface area contributed by atoms with E-state index in [2.05, 4.69) is 15.5 Å². The molecule has 0 spiro atoms. The number of carbonyl (C=O) groups excluding carboxylic acids is 2. The van der Waals surface area contributed by atoms with Gasteiger partial charge in [-0.25, -0.2) is 0 Å². The van der Waals surface area contributed by atoms with Gasteiger partial charge in [0.25, 0.3) is 0 Å². The van der Waals surface area contributed by atoms with Crippen molar-refractivity contribution in [1.29, 1.82) is 0 Å². The van der Waals surface area contributed by atoms with E-state index >= 15 is 0 Å². The number of hydrogen-bond donors (Lipinski definition) is 1. The summed E-state index contributed by atoms with van der Waals surface area (Å²) in [5.41, 5.74) is 2.15. The van der Waals surface area contributed by atoms with Crippen LogP contribution in [0.2, 0.25) is 0 Å². The van der Waals surface area contributed by atoms with Crippen LogP contribution in [0.4, 0.5) is 5.13 Å². The van der Waals surface area contributed by atoms with Gasteiger partial charge in [0.15, 0.2) is 0 Å². The van der Waals surface area contributed by atoms with Gasteiger partial charge >= 0.3 is 0 Å². The van der Waals surface area contributed by atoms with E-state index in [1.807, 2.05) is 31.2 Å². The zero-order valence-corrected chi connectivity index (χ0v) is 17.7. The average Bonchev–Trinajstić information content (AvgIpc) is 3.47. The van der Waals surface area contributed by atoms with Gasteiger partial charge in [-0.3, -0.25) is 14.9 Å². The fourth-order valence-corrected chi connectivity index (χ4v) is 5.21. The molecular weight excluding hydrogens is 384 g/mol. The first-order chi connectivity index (χ1) is 14.1. The number of carbonyl (C=O) groups is 2. The molecule has 1 aliphatic heterocycles. The minimum absolute atomic E-state index is 0.118. The molecule has 1 unspecified atom stereocenters. The van der Waals surface area contributed by atoms with Crippen molar-refractivity contribution in [1.82, 2.24) is 15.1 Å².